The largest absolute Gasteiger partial charge is 0.387 e. The van der Waals surface area contributed by atoms with Gasteiger partial charge in [-0.05, 0) is 43.4 Å². The SMILES string of the molecule is CCC(CCc1ccc(N)nc1)N[C@@H]1CCn2c(=O)[nH]c3cccc(c32)[C@H]1O. The van der Waals surface area contributed by atoms with Gasteiger partial charge in [-0.25, -0.2) is 9.78 Å². The van der Waals surface area contributed by atoms with Crippen molar-refractivity contribution in [3.63, 3.8) is 0 Å². The van der Waals surface area contributed by atoms with Crippen LogP contribution in [0.15, 0.2) is 41.3 Å². The molecule has 0 spiro atoms. The number of aromatic amines is 1. The maximum absolute atomic E-state index is 12.3. The van der Waals surface area contributed by atoms with Crippen molar-refractivity contribution in [3.05, 3.63) is 58.1 Å². The van der Waals surface area contributed by atoms with Crippen LogP contribution in [0.1, 0.15) is 43.4 Å². The van der Waals surface area contributed by atoms with E-state index in [0.29, 0.717) is 18.8 Å². The first-order valence-electron chi connectivity index (χ1n) is 9.92. The van der Waals surface area contributed by atoms with Crippen molar-refractivity contribution in [1.82, 2.24) is 19.9 Å². The van der Waals surface area contributed by atoms with Gasteiger partial charge in [0.2, 0.25) is 0 Å². The molecular weight excluding hydrogens is 354 g/mol. The molecule has 3 heterocycles. The lowest BCUT2D eigenvalue weighted by atomic mass is 9.97. The zero-order valence-electron chi connectivity index (χ0n) is 16.1. The zero-order chi connectivity index (χ0) is 19.7. The van der Waals surface area contributed by atoms with Crippen molar-refractivity contribution in [3.8, 4) is 0 Å². The van der Waals surface area contributed by atoms with Gasteiger partial charge < -0.3 is 21.1 Å². The van der Waals surface area contributed by atoms with Gasteiger partial charge in [-0.3, -0.25) is 4.57 Å². The monoisotopic (exact) mass is 381 g/mol. The second-order valence-electron chi connectivity index (χ2n) is 7.57. The number of aryl methyl sites for hydroxylation is 2. The Labute approximate surface area is 163 Å². The number of pyridine rings is 1. The fourth-order valence-corrected chi connectivity index (χ4v) is 4.15. The molecule has 0 radical (unpaired) electrons. The van der Waals surface area contributed by atoms with E-state index >= 15 is 0 Å². The molecule has 0 aliphatic carbocycles. The Balaban J connectivity index is 1.49. The standard InChI is InChI=1S/C21H27N5O2/c1-2-14(8-6-13-7-9-18(22)23-12-13)24-17-10-11-26-19-15(20(17)27)4-3-5-16(19)25-21(26)28/h3-5,7,9,12,14,17,20,24,27H,2,6,8,10-11H2,1H3,(H2,22,23)(H,25,28)/t14?,17-,20-/m1/s1. The lowest BCUT2D eigenvalue weighted by molar-refractivity contribution is 0.117. The van der Waals surface area contributed by atoms with Gasteiger partial charge in [-0.1, -0.05) is 25.1 Å². The number of nitrogen functional groups attached to an aromatic ring is 1. The molecule has 2 aromatic heterocycles. The molecule has 0 saturated carbocycles. The molecule has 0 bridgehead atoms. The van der Waals surface area contributed by atoms with Crippen molar-refractivity contribution < 1.29 is 5.11 Å². The van der Waals surface area contributed by atoms with Gasteiger partial charge in [0.05, 0.1) is 17.1 Å². The number of nitrogens with zero attached hydrogens (tertiary/aromatic N) is 2. The molecule has 7 heteroatoms. The summed E-state index contributed by atoms with van der Waals surface area (Å²) in [6.45, 7) is 2.74. The normalized spacial score (nSPS) is 20.2. The molecule has 4 rings (SSSR count). The molecule has 3 atom stereocenters. The Kier molecular flexibility index (Phi) is 5.19. The van der Waals surface area contributed by atoms with E-state index < -0.39 is 6.10 Å². The van der Waals surface area contributed by atoms with Crippen molar-refractivity contribution in [2.45, 2.75) is 57.3 Å². The maximum Gasteiger partial charge on any atom is 0.326 e. The molecule has 0 saturated heterocycles. The Morgan fingerprint density at radius 2 is 2.25 bits per heavy atom. The van der Waals surface area contributed by atoms with E-state index in [4.69, 9.17) is 5.73 Å². The number of rotatable bonds is 6. The Morgan fingerprint density at radius 1 is 1.39 bits per heavy atom. The highest BCUT2D eigenvalue weighted by Gasteiger charge is 2.29. The van der Waals surface area contributed by atoms with Crippen molar-refractivity contribution in [2.75, 3.05) is 5.73 Å². The van der Waals surface area contributed by atoms with Gasteiger partial charge >= 0.3 is 5.69 Å². The fraction of sp³-hybridized carbons (Fsp3) is 0.429. The molecule has 28 heavy (non-hydrogen) atoms. The summed E-state index contributed by atoms with van der Waals surface area (Å²) in [5.74, 6) is 0.531. The number of aliphatic hydroxyl groups is 1. The van der Waals surface area contributed by atoms with Crippen LogP contribution in [-0.2, 0) is 13.0 Å². The highest BCUT2D eigenvalue weighted by atomic mass is 16.3. The number of nitrogens with two attached hydrogens (primary N) is 1. The summed E-state index contributed by atoms with van der Waals surface area (Å²) in [5, 5.41) is 14.7. The predicted octanol–water partition coefficient (Wildman–Crippen LogP) is 2.11. The summed E-state index contributed by atoms with van der Waals surface area (Å²) in [6, 6.07) is 9.69. The zero-order valence-corrected chi connectivity index (χ0v) is 16.1. The molecular formula is C21H27N5O2. The Hall–Kier alpha value is -2.64. The number of anilines is 1. The molecule has 148 valence electrons. The van der Waals surface area contributed by atoms with Crippen LogP contribution in [0.25, 0.3) is 11.0 Å². The number of hydrogen-bond acceptors (Lipinski definition) is 5. The lowest BCUT2D eigenvalue weighted by Gasteiger charge is -2.28. The summed E-state index contributed by atoms with van der Waals surface area (Å²) in [4.78, 5) is 19.3. The Bertz CT molecular complexity index is 1010. The molecule has 0 fully saturated rings. The molecule has 3 aromatic rings. The van der Waals surface area contributed by atoms with Gasteiger partial charge in [0.15, 0.2) is 0 Å². The second kappa shape index (κ2) is 7.77. The lowest BCUT2D eigenvalue weighted by Crippen LogP contribution is -2.42. The van der Waals surface area contributed by atoms with Crippen LogP contribution in [0.2, 0.25) is 0 Å². The van der Waals surface area contributed by atoms with E-state index in [1.807, 2.05) is 36.5 Å². The average molecular weight is 381 g/mol. The quantitative estimate of drug-likeness (QED) is 0.523. The first kappa shape index (κ1) is 18.7. The first-order chi connectivity index (χ1) is 13.6. The summed E-state index contributed by atoms with van der Waals surface area (Å²) in [7, 11) is 0. The van der Waals surface area contributed by atoms with E-state index in [9.17, 15) is 9.90 Å². The smallest absolute Gasteiger partial charge is 0.326 e. The number of benzene rings is 1. The topological polar surface area (TPSA) is 109 Å². The molecule has 1 aromatic carbocycles. The Morgan fingerprint density at radius 3 is 3.00 bits per heavy atom. The minimum Gasteiger partial charge on any atom is -0.387 e. The van der Waals surface area contributed by atoms with Crippen molar-refractivity contribution in [2.24, 2.45) is 0 Å². The first-order valence-corrected chi connectivity index (χ1v) is 9.92. The number of aromatic nitrogens is 3. The van der Waals surface area contributed by atoms with E-state index in [0.717, 1.165) is 41.4 Å². The van der Waals surface area contributed by atoms with Crippen LogP contribution in [-0.4, -0.2) is 31.7 Å². The third-order valence-electron chi connectivity index (χ3n) is 5.76. The second-order valence-corrected chi connectivity index (χ2v) is 7.57. The molecule has 0 amide bonds. The van der Waals surface area contributed by atoms with E-state index in [1.54, 1.807) is 4.57 Å². The third kappa shape index (κ3) is 3.55. The van der Waals surface area contributed by atoms with Crippen LogP contribution < -0.4 is 16.7 Å². The molecule has 5 N–H and O–H groups in total. The van der Waals surface area contributed by atoms with Crippen LogP contribution in [0.3, 0.4) is 0 Å². The highest BCUT2D eigenvalue weighted by molar-refractivity contribution is 5.79. The van der Waals surface area contributed by atoms with Gasteiger partial charge in [0.1, 0.15) is 5.82 Å². The van der Waals surface area contributed by atoms with Crippen LogP contribution >= 0.6 is 0 Å². The number of hydrogen-bond donors (Lipinski definition) is 4. The number of imidazole rings is 1. The minimum absolute atomic E-state index is 0.0978. The van der Waals surface area contributed by atoms with Gasteiger partial charge in [0, 0.05) is 30.4 Å². The summed E-state index contributed by atoms with van der Waals surface area (Å²) in [6.07, 6.45) is 4.67. The van der Waals surface area contributed by atoms with Crippen LogP contribution in [0.5, 0.6) is 0 Å². The number of nitrogens with one attached hydrogen (secondary N) is 2. The van der Waals surface area contributed by atoms with Crippen molar-refractivity contribution in [1.29, 1.82) is 0 Å². The summed E-state index contributed by atoms with van der Waals surface area (Å²) in [5.41, 5.74) is 9.11. The minimum atomic E-state index is -0.653. The predicted molar refractivity (Wildman–Crippen MR) is 110 cm³/mol. The van der Waals surface area contributed by atoms with E-state index in [1.165, 1.54) is 0 Å². The van der Waals surface area contributed by atoms with Crippen LogP contribution in [0, 0.1) is 0 Å². The summed E-state index contributed by atoms with van der Waals surface area (Å²) < 4.78 is 1.75. The average Bonchev–Trinajstić information content (AvgIpc) is 2.95. The van der Waals surface area contributed by atoms with E-state index in [2.05, 4.69) is 22.2 Å². The number of H-pyrrole nitrogens is 1. The van der Waals surface area contributed by atoms with E-state index in [-0.39, 0.29) is 17.8 Å². The molecule has 1 unspecified atom stereocenters. The van der Waals surface area contributed by atoms with Crippen molar-refractivity contribution >= 4 is 16.9 Å². The number of aliphatic hydroxyl groups excluding tert-OH is 1. The molecule has 7 nitrogen and oxygen atoms in total. The number of para-hydroxylation sites is 1. The van der Waals surface area contributed by atoms with Gasteiger partial charge in [-0.2, -0.15) is 0 Å². The fourth-order valence-electron chi connectivity index (χ4n) is 4.15. The highest BCUT2D eigenvalue weighted by Crippen LogP contribution is 2.30. The van der Waals surface area contributed by atoms with Gasteiger partial charge in [0.25, 0.3) is 0 Å². The van der Waals surface area contributed by atoms with Gasteiger partial charge in [-0.15, -0.1) is 0 Å². The molecule has 1 aliphatic heterocycles. The maximum atomic E-state index is 12.3. The third-order valence-corrected chi connectivity index (χ3v) is 5.76. The molecule has 1 aliphatic rings. The van der Waals surface area contributed by atoms with Crippen LogP contribution in [0.4, 0.5) is 5.82 Å². The summed E-state index contributed by atoms with van der Waals surface area (Å²) >= 11 is 0.